The van der Waals surface area contributed by atoms with Gasteiger partial charge in [0.15, 0.2) is 11.6 Å². The van der Waals surface area contributed by atoms with Gasteiger partial charge in [0.1, 0.15) is 5.84 Å². The zero-order valence-electron chi connectivity index (χ0n) is 24.3. The highest BCUT2D eigenvalue weighted by molar-refractivity contribution is 5.94. The molecule has 0 radical (unpaired) electrons. The van der Waals surface area contributed by atoms with E-state index in [0.717, 1.165) is 34.7 Å². The number of amidine groups is 1. The van der Waals surface area contributed by atoms with E-state index in [-0.39, 0.29) is 0 Å². The summed E-state index contributed by atoms with van der Waals surface area (Å²) >= 11 is 0. The summed E-state index contributed by atoms with van der Waals surface area (Å²) in [5.74, 6) is 3.20. The van der Waals surface area contributed by atoms with Crippen LogP contribution in [0.25, 0.3) is 22.3 Å². The number of nitrogens with zero attached hydrogens (tertiary/aromatic N) is 4. The van der Waals surface area contributed by atoms with E-state index in [1.807, 2.05) is 36.4 Å². The molecule has 1 aromatic carbocycles. The van der Waals surface area contributed by atoms with Crippen molar-refractivity contribution in [3.05, 3.63) is 83.7 Å². The molecular weight excluding hydrogens is 492 g/mol. The summed E-state index contributed by atoms with van der Waals surface area (Å²) < 4.78 is 0. The lowest BCUT2D eigenvalue weighted by molar-refractivity contribution is 0.172. The maximum absolute atomic E-state index is 6.13. The Morgan fingerprint density at radius 1 is 1.12 bits per heavy atom. The number of aliphatic imine (C=N–C) groups is 1. The van der Waals surface area contributed by atoms with Gasteiger partial charge >= 0.3 is 0 Å². The highest BCUT2D eigenvalue weighted by atomic mass is 15.0. The smallest absolute Gasteiger partial charge is 0.160 e. The van der Waals surface area contributed by atoms with E-state index in [4.69, 9.17) is 15.7 Å². The molecule has 3 aliphatic rings. The van der Waals surface area contributed by atoms with Gasteiger partial charge in [0.25, 0.3) is 0 Å². The Hall–Kier alpha value is -3.64. The molecule has 0 amide bonds. The summed E-state index contributed by atoms with van der Waals surface area (Å²) in [6.07, 6.45) is 17.8. The Labute approximate surface area is 238 Å². The van der Waals surface area contributed by atoms with Crippen molar-refractivity contribution in [3.8, 4) is 11.4 Å². The van der Waals surface area contributed by atoms with Crippen molar-refractivity contribution in [2.24, 2.45) is 22.1 Å². The number of hydrogen-bond donors (Lipinski definition) is 2. The molecule has 6 heteroatoms. The average Bonchev–Trinajstić information content (AvgIpc) is 2.90. The second-order valence-electron chi connectivity index (χ2n) is 12.0. The number of nitrogens with two attached hydrogens (primary N) is 1. The Bertz CT molecular complexity index is 1480. The second kappa shape index (κ2) is 12.3. The number of nitrogens with one attached hydrogen (secondary N) is 1. The number of hydrogen-bond acceptors (Lipinski definition) is 5. The molecule has 0 spiro atoms. The molecule has 40 heavy (non-hydrogen) atoms. The number of fused-ring (bicyclic) bond motifs is 1. The quantitative estimate of drug-likeness (QED) is 0.270. The molecule has 2 aromatic heterocycles. The van der Waals surface area contributed by atoms with Crippen LogP contribution < -0.4 is 11.1 Å². The number of rotatable bonds is 4. The van der Waals surface area contributed by atoms with E-state index >= 15 is 0 Å². The predicted molar refractivity (Wildman–Crippen MR) is 167 cm³/mol. The van der Waals surface area contributed by atoms with Crippen LogP contribution in [-0.2, 0) is 0 Å². The van der Waals surface area contributed by atoms with Crippen molar-refractivity contribution >= 4 is 22.6 Å². The maximum Gasteiger partial charge on any atom is 0.160 e. The summed E-state index contributed by atoms with van der Waals surface area (Å²) in [5, 5.41) is 4.61. The summed E-state index contributed by atoms with van der Waals surface area (Å²) in [6.45, 7) is 11.5. The Kier molecular flexibility index (Phi) is 8.55. The molecule has 1 aliphatic heterocycles. The Morgan fingerprint density at radius 2 is 1.98 bits per heavy atom. The molecule has 3 aromatic rings. The van der Waals surface area contributed by atoms with Crippen LogP contribution in [0.15, 0.2) is 77.5 Å². The van der Waals surface area contributed by atoms with Crippen LogP contribution in [0.3, 0.4) is 0 Å². The van der Waals surface area contributed by atoms with Crippen molar-refractivity contribution in [1.29, 1.82) is 0 Å². The van der Waals surface area contributed by atoms with Crippen LogP contribution in [0, 0.1) is 18.3 Å². The minimum Gasteiger partial charge on any atom is -0.384 e. The fraction of sp³-hybridized carbons (Fsp3) is 0.412. The highest BCUT2D eigenvalue weighted by Gasteiger charge is 2.28. The molecule has 2 aliphatic carbocycles. The van der Waals surface area contributed by atoms with Crippen LogP contribution in [-0.4, -0.2) is 33.9 Å². The normalized spacial score (nSPS) is 21.6. The Morgan fingerprint density at radius 3 is 2.65 bits per heavy atom. The van der Waals surface area contributed by atoms with Crippen molar-refractivity contribution < 1.29 is 0 Å². The fourth-order valence-corrected chi connectivity index (χ4v) is 5.49. The Balaban J connectivity index is 0.000000306. The second-order valence-corrected chi connectivity index (χ2v) is 12.0. The monoisotopic (exact) mass is 534 g/mol. The molecule has 1 atom stereocenters. The van der Waals surface area contributed by atoms with Crippen LogP contribution in [0.4, 0.5) is 5.82 Å². The van der Waals surface area contributed by atoms with Gasteiger partial charge in [0.2, 0.25) is 0 Å². The largest absolute Gasteiger partial charge is 0.384 e. The van der Waals surface area contributed by atoms with Gasteiger partial charge in [-0.15, -0.1) is 0 Å². The highest BCUT2D eigenvalue weighted by Crippen LogP contribution is 2.40. The van der Waals surface area contributed by atoms with Gasteiger partial charge < -0.3 is 11.1 Å². The summed E-state index contributed by atoms with van der Waals surface area (Å²) in [7, 11) is 0. The molecule has 3 N–H and O–H groups in total. The maximum atomic E-state index is 6.13. The topological polar surface area (TPSA) is 89.1 Å². The third kappa shape index (κ3) is 6.56. The van der Waals surface area contributed by atoms with Crippen LogP contribution in [0.5, 0.6) is 0 Å². The van der Waals surface area contributed by atoms with Crippen LogP contribution in [0.2, 0.25) is 0 Å². The van der Waals surface area contributed by atoms with Crippen molar-refractivity contribution in [3.63, 3.8) is 0 Å². The van der Waals surface area contributed by atoms with Gasteiger partial charge in [-0.05, 0) is 91.8 Å². The van der Waals surface area contributed by atoms with Gasteiger partial charge in [-0.3, -0.25) is 0 Å². The number of benzene rings is 1. The van der Waals surface area contributed by atoms with Crippen LogP contribution >= 0.6 is 0 Å². The van der Waals surface area contributed by atoms with E-state index in [0.29, 0.717) is 28.8 Å². The van der Waals surface area contributed by atoms with Crippen LogP contribution in [0.1, 0.15) is 70.1 Å². The van der Waals surface area contributed by atoms with E-state index < -0.39 is 0 Å². The minimum atomic E-state index is 0.431. The molecule has 2 fully saturated rings. The minimum absolute atomic E-state index is 0.431. The molecule has 1 saturated carbocycles. The lowest BCUT2D eigenvalue weighted by atomic mass is 9.76. The lowest BCUT2D eigenvalue weighted by Gasteiger charge is -2.36. The van der Waals surface area contributed by atoms with E-state index in [1.54, 1.807) is 6.20 Å². The molecule has 6 rings (SSSR count). The molecule has 3 heterocycles. The average molecular weight is 535 g/mol. The first kappa shape index (κ1) is 27.9. The standard InChI is InChI=1S/C26H25N5.C8H17N/c1-17-25-21(19-9-5-10-19)11-6-12-22(25)30-26(29-17)20-13-14-28-24(16-20)31-23(27)15-18-7-3-2-4-8-18;1-7-4-5-9-6-8(7,2)3/h2-4,6-7,11-16,19H,5,8-10H2,1H3,(H2,27,28,31);7,9H,4-6H2,1-3H3/b18-15-;/t;7-/m.1/s1. The third-order valence-electron chi connectivity index (χ3n) is 8.64. The first-order valence-corrected chi connectivity index (χ1v) is 14.6. The van der Waals surface area contributed by atoms with E-state index in [9.17, 15) is 0 Å². The van der Waals surface area contributed by atoms with Gasteiger partial charge in [-0.25, -0.2) is 19.9 Å². The number of piperidine rings is 1. The van der Waals surface area contributed by atoms with E-state index in [2.05, 4.69) is 67.3 Å². The molecule has 1 saturated heterocycles. The van der Waals surface area contributed by atoms with Gasteiger partial charge in [-0.1, -0.05) is 63.6 Å². The molecule has 6 nitrogen and oxygen atoms in total. The zero-order chi connectivity index (χ0) is 28.1. The SMILES string of the molecule is C[C@@H]1CCNCC1(C)C.Cc1nc(-c2ccnc(N=C(N)/C=C3/C=CC=CC3)c2)nc2cccc(C3CCC3)c12. The number of pyridine rings is 1. The fourth-order valence-electron chi connectivity index (χ4n) is 5.49. The predicted octanol–water partition coefficient (Wildman–Crippen LogP) is 7.34. The molecule has 0 unspecified atom stereocenters. The number of aromatic nitrogens is 3. The van der Waals surface area contributed by atoms with E-state index in [1.165, 1.54) is 49.7 Å². The molecular formula is C34H42N6. The summed E-state index contributed by atoms with van der Waals surface area (Å²) in [5.41, 5.74) is 12.1. The first-order chi connectivity index (χ1) is 19.3. The number of aryl methyl sites for hydroxylation is 1. The third-order valence-corrected chi connectivity index (χ3v) is 8.64. The van der Waals surface area contributed by atoms with Gasteiger partial charge in [-0.2, -0.15) is 0 Å². The van der Waals surface area contributed by atoms with Crippen molar-refractivity contribution in [1.82, 2.24) is 20.3 Å². The summed E-state index contributed by atoms with van der Waals surface area (Å²) in [4.78, 5) is 18.5. The first-order valence-electron chi connectivity index (χ1n) is 14.6. The number of allylic oxidation sites excluding steroid dienone is 5. The lowest BCUT2D eigenvalue weighted by Crippen LogP contribution is -2.41. The van der Waals surface area contributed by atoms with Crippen molar-refractivity contribution in [2.45, 2.75) is 65.7 Å². The van der Waals surface area contributed by atoms with Gasteiger partial charge in [0, 0.05) is 29.4 Å². The molecule has 0 bridgehead atoms. The van der Waals surface area contributed by atoms with Crippen molar-refractivity contribution in [2.75, 3.05) is 13.1 Å². The summed E-state index contributed by atoms with van der Waals surface area (Å²) in [6, 6.07) is 10.2. The van der Waals surface area contributed by atoms with Gasteiger partial charge in [0.05, 0.1) is 5.52 Å². The molecule has 208 valence electrons. The zero-order valence-corrected chi connectivity index (χ0v) is 24.3.